The third kappa shape index (κ3) is 5.07. The molecule has 3 N–H and O–H groups in total. The predicted molar refractivity (Wildman–Crippen MR) is 117 cm³/mol. The van der Waals surface area contributed by atoms with Crippen molar-refractivity contribution >= 4 is 17.0 Å². The van der Waals surface area contributed by atoms with E-state index in [1.54, 1.807) is 12.3 Å². The van der Waals surface area contributed by atoms with Gasteiger partial charge in [0, 0.05) is 44.1 Å². The van der Waals surface area contributed by atoms with Gasteiger partial charge in [-0.1, -0.05) is 6.92 Å². The lowest BCUT2D eigenvalue weighted by Gasteiger charge is -2.29. The van der Waals surface area contributed by atoms with Crippen LogP contribution in [0.4, 0.5) is 0 Å². The highest BCUT2D eigenvalue weighted by molar-refractivity contribution is 5.76. The van der Waals surface area contributed by atoms with Crippen molar-refractivity contribution in [3.05, 3.63) is 63.9 Å². The van der Waals surface area contributed by atoms with Gasteiger partial charge in [0.25, 0.3) is 5.56 Å². The molecule has 0 spiro atoms. The van der Waals surface area contributed by atoms with Gasteiger partial charge in [-0.25, -0.2) is 4.79 Å². The molecule has 3 rings (SSSR count). The number of carboxylic acids is 1. The van der Waals surface area contributed by atoms with Crippen LogP contribution in [0, 0.1) is 0 Å². The number of nitrogens with one attached hydrogen (secondary N) is 2. The number of aryl methyl sites for hydroxylation is 1. The number of allylic oxidation sites excluding steroid dienone is 1. The molecule has 0 aliphatic carbocycles. The van der Waals surface area contributed by atoms with Gasteiger partial charge in [0.15, 0.2) is 0 Å². The summed E-state index contributed by atoms with van der Waals surface area (Å²) in [7, 11) is 2.05. The number of hydrogen-bond donors (Lipinski definition) is 3. The Morgan fingerprint density at radius 1 is 1.27 bits per heavy atom. The van der Waals surface area contributed by atoms with E-state index in [9.17, 15) is 9.59 Å². The number of dihydropyridines is 1. The van der Waals surface area contributed by atoms with Gasteiger partial charge in [0.1, 0.15) is 6.04 Å². The molecule has 8 nitrogen and oxygen atoms in total. The van der Waals surface area contributed by atoms with Gasteiger partial charge >= 0.3 is 5.97 Å². The fourth-order valence-electron chi connectivity index (χ4n) is 3.49. The van der Waals surface area contributed by atoms with Crippen molar-refractivity contribution in [2.24, 2.45) is 0 Å². The Morgan fingerprint density at radius 3 is 2.70 bits per heavy atom. The van der Waals surface area contributed by atoms with Crippen LogP contribution >= 0.6 is 0 Å². The zero-order chi connectivity index (χ0) is 21.7. The van der Waals surface area contributed by atoms with Gasteiger partial charge in [0.2, 0.25) is 0 Å². The summed E-state index contributed by atoms with van der Waals surface area (Å²) in [4.78, 5) is 34.9. The maximum absolute atomic E-state index is 12.1. The van der Waals surface area contributed by atoms with E-state index in [-0.39, 0.29) is 5.56 Å². The predicted octanol–water partition coefficient (Wildman–Crippen LogP) is 1.69. The highest BCUT2D eigenvalue weighted by atomic mass is 16.4. The van der Waals surface area contributed by atoms with Gasteiger partial charge in [0.05, 0.1) is 16.7 Å². The molecule has 0 bridgehead atoms. The molecule has 0 saturated carbocycles. The van der Waals surface area contributed by atoms with E-state index in [0.29, 0.717) is 13.0 Å². The fraction of sp³-hybridized carbons (Fsp3) is 0.409. The molecule has 8 heteroatoms. The third-order valence-electron chi connectivity index (χ3n) is 5.29. The summed E-state index contributed by atoms with van der Waals surface area (Å²) in [5.74, 6) is -0.888. The van der Waals surface area contributed by atoms with Crippen LogP contribution < -0.4 is 10.9 Å². The molecule has 1 aliphatic rings. The van der Waals surface area contributed by atoms with Crippen LogP contribution in [-0.2, 0) is 17.8 Å². The highest BCUT2D eigenvalue weighted by Gasteiger charge is 2.17. The number of rotatable bonds is 9. The Bertz CT molecular complexity index is 1030. The number of aromatic amines is 1. The summed E-state index contributed by atoms with van der Waals surface area (Å²) in [5.41, 5.74) is 4.27. The first-order valence-electron chi connectivity index (χ1n) is 10.2. The highest BCUT2D eigenvalue weighted by Crippen LogP contribution is 2.13. The Hall–Kier alpha value is -3.13. The summed E-state index contributed by atoms with van der Waals surface area (Å²) in [6.07, 6.45) is 7.82. The first kappa shape index (κ1) is 21.6. The number of aliphatic carboxylic acids is 1. The van der Waals surface area contributed by atoms with Gasteiger partial charge in [-0.15, -0.1) is 0 Å². The standard InChI is InChI=1S/C22H29N5O3/c1-4-16-11-19-20(25-21(16)28)10-15(12-23-19)14-26(3)8-9-27(5-2)17-6-7-18(22(29)30)24-13-17/h6-7,10-13,18,24H,4-5,8-9,14H2,1-3H3,(H,25,28)(H,29,30). The molecular formula is C22H29N5O3. The smallest absolute Gasteiger partial charge is 0.330 e. The van der Waals surface area contributed by atoms with Crippen LogP contribution in [0.5, 0.6) is 0 Å². The monoisotopic (exact) mass is 411 g/mol. The lowest BCUT2D eigenvalue weighted by atomic mass is 10.1. The molecule has 1 unspecified atom stereocenters. The number of fused-ring (bicyclic) bond motifs is 1. The van der Waals surface area contributed by atoms with Crippen molar-refractivity contribution in [1.29, 1.82) is 0 Å². The average Bonchev–Trinajstić information content (AvgIpc) is 2.74. The molecule has 3 heterocycles. The molecule has 0 saturated heterocycles. The van der Waals surface area contributed by atoms with E-state index in [0.717, 1.165) is 47.5 Å². The quantitative estimate of drug-likeness (QED) is 0.577. The van der Waals surface area contributed by atoms with Crippen molar-refractivity contribution in [1.82, 2.24) is 25.1 Å². The number of H-pyrrole nitrogens is 1. The largest absolute Gasteiger partial charge is 0.479 e. The number of pyridine rings is 2. The van der Waals surface area contributed by atoms with Crippen molar-refractivity contribution in [2.75, 3.05) is 26.7 Å². The topological polar surface area (TPSA) is 102 Å². The maximum Gasteiger partial charge on any atom is 0.330 e. The molecular weight excluding hydrogens is 382 g/mol. The number of hydrogen-bond acceptors (Lipinski definition) is 6. The van der Waals surface area contributed by atoms with Crippen molar-refractivity contribution in [3.63, 3.8) is 0 Å². The Kier molecular flexibility index (Phi) is 6.89. The zero-order valence-corrected chi connectivity index (χ0v) is 17.7. The summed E-state index contributed by atoms with van der Waals surface area (Å²) >= 11 is 0. The molecule has 2 aromatic rings. The second-order valence-corrected chi connectivity index (χ2v) is 7.48. The van der Waals surface area contributed by atoms with E-state index in [1.807, 2.05) is 38.4 Å². The Balaban J connectivity index is 1.59. The first-order valence-corrected chi connectivity index (χ1v) is 10.2. The average molecular weight is 412 g/mol. The molecule has 0 radical (unpaired) electrons. The number of carboxylic acid groups (broad SMARTS) is 1. The van der Waals surface area contributed by atoms with Crippen molar-refractivity contribution in [3.8, 4) is 0 Å². The molecule has 1 aliphatic heterocycles. The Morgan fingerprint density at radius 2 is 2.07 bits per heavy atom. The molecule has 30 heavy (non-hydrogen) atoms. The fourth-order valence-corrected chi connectivity index (χ4v) is 3.49. The van der Waals surface area contributed by atoms with Gasteiger partial charge in [-0.3, -0.25) is 9.78 Å². The summed E-state index contributed by atoms with van der Waals surface area (Å²) in [6.45, 7) is 7.20. The lowest BCUT2D eigenvalue weighted by Crippen LogP contribution is -2.37. The van der Waals surface area contributed by atoms with Crippen LogP contribution in [-0.4, -0.2) is 63.6 Å². The molecule has 2 aromatic heterocycles. The van der Waals surface area contributed by atoms with Gasteiger partial charge in [-0.2, -0.15) is 0 Å². The molecule has 0 fully saturated rings. The number of aromatic nitrogens is 2. The minimum absolute atomic E-state index is 0.0524. The molecule has 160 valence electrons. The molecule has 0 aromatic carbocycles. The van der Waals surface area contributed by atoms with Crippen LogP contribution in [0.25, 0.3) is 11.0 Å². The maximum atomic E-state index is 12.1. The summed E-state index contributed by atoms with van der Waals surface area (Å²) < 4.78 is 0. The number of carbonyl (C=O) groups is 1. The van der Waals surface area contributed by atoms with Crippen LogP contribution in [0.15, 0.2) is 47.2 Å². The summed E-state index contributed by atoms with van der Waals surface area (Å²) in [6, 6.07) is 3.17. The second kappa shape index (κ2) is 9.58. The molecule has 0 amide bonds. The molecule has 1 atom stereocenters. The minimum atomic E-state index is -0.888. The normalized spacial score (nSPS) is 15.9. The zero-order valence-electron chi connectivity index (χ0n) is 17.7. The van der Waals surface area contributed by atoms with Crippen LogP contribution in [0.1, 0.15) is 25.0 Å². The summed E-state index contributed by atoms with van der Waals surface area (Å²) in [5, 5.41) is 12.0. The van der Waals surface area contributed by atoms with Crippen molar-refractivity contribution in [2.45, 2.75) is 32.9 Å². The van der Waals surface area contributed by atoms with E-state index >= 15 is 0 Å². The SMILES string of the molecule is CCc1cc2ncc(CN(C)CCN(CC)C3=CNC(C(=O)O)C=C3)cc2[nH]c1=O. The van der Waals surface area contributed by atoms with E-state index in [1.165, 1.54) is 0 Å². The number of likely N-dealkylation sites (N-methyl/N-ethyl adjacent to an activating group) is 2. The van der Waals surface area contributed by atoms with E-state index in [4.69, 9.17) is 5.11 Å². The van der Waals surface area contributed by atoms with Gasteiger partial charge < -0.3 is 25.2 Å². The van der Waals surface area contributed by atoms with Crippen LogP contribution in [0.3, 0.4) is 0 Å². The van der Waals surface area contributed by atoms with Crippen molar-refractivity contribution < 1.29 is 9.90 Å². The lowest BCUT2D eigenvalue weighted by molar-refractivity contribution is -0.137. The second-order valence-electron chi connectivity index (χ2n) is 7.48. The van der Waals surface area contributed by atoms with Gasteiger partial charge in [-0.05, 0) is 50.2 Å². The van der Waals surface area contributed by atoms with E-state index < -0.39 is 12.0 Å². The third-order valence-corrected chi connectivity index (χ3v) is 5.29. The first-order chi connectivity index (χ1) is 14.4. The van der Waals surface area contributed by atoms with E-state index in [2.05, 4.69) is 32.0 Å². The minimum Gasteiger partial charge on any atom is -0.479 e. The van der Waals surface area contributed by atoms with Crippen LogP contribution in [0.2, 0.25) is 0 Å². The number of nitrogens with zero attached hydrogens (tertiary/aromatic N) is 3. The Labute approximate surface area is 175 Å².